The van der Waals surface area contributed by atoms with Crippen molar-refractivity contribution in [3.8, 4) is 0 Å². The van der Waals surface area contributed by atoms with Gasteiger partial charge in [-0.15, -0.1) is 0 Å². The zero-order valence-corrected chi connectivity index (χ0v) is 7.60. The van der Waals surface area contributed by atoms with E-state index in [0.29, 0.717) is 0 Å². The minimum atomic E-state index is 0. The molecule has 0 saturated heterocycles. The quantitative estimate of drug-likeness (QED) is 0.457. The van der Waals surface area contributed by atoms with Gasteiger partial charge in [-0.1, -0.05) is 0 Å². The zero-order valence-electron chi connectivity index (χ0n) is 3.09. The average molecular weight is 214 g/mol. The van der Waals surface area contributed by atoms with Gasteiger partial charge in [0.05, 0.1) is 0 Å². The molecule has 0 amide bonds. The number of hydrogen-bond donors (Lipinski definition) is 0. The van der Waals surface area contributed by atoms with Gasteiger partial charge < -0.3 is 16.4 Å². The Labute approximate surface area is 84.7 Å². The smallest absolute Gasteiger partial charge is 2.00 e. The second-order valence-electron chi connectivity index (χ2n) is 0. The summed E-state index contributed by atoms with van der Waals surface area (Å²) in [6.07, 6.45) is 0. The first kappa shape index (κ1) is 145. The van der Waals surface area contributed by atoms with Crippen LogP contribution in [-0.2, 0) is 50.6 Å². The normalized spacial score (nSPS) is 0. The molecule has 3 nitrogen and oxygen atoms in total. The molecule has 0 atom stereocenters. The van der Waals surface area contributed by atoms with Gasteiger partial charge in [-0.05, 0) is 0 Å². The van der Waals surface area contributed by atoms with Crippen LogP contribution in [0.4, 0.5) is 0 Å². The Kier molecular flexibility index (Phi) is 2060. The van der Waals surface area contributed by atoms with Crippen LogP contribution in [0, 0.1) is 0 Å². The van der Waals surface area contributed by atoms with Crippen molar-refractivity contribution in [1.82, 2.24) is 0 Å². The summed E-state index contributed by atoms with van der Waals surface area (Å²) in [5.74, 6) is 0. The van der Waals surface area contributed by atoms with E-state index in [-0.39, 0.29) is 85.3 Å². The summed E-state index contributed by atoms with van der Waals surface area (Å²) in [6, 6.07) is 0. The van der Waals surface area contributed by atoms with Gasteiger partial charge in [-0.2, -0.15) is 0 Å². The van der Waals surface area contributed by atoms with E-state index in [0.717, 1.165) is 0 Å². The first-order valence-electron chi connectivity index (χ1n) is 0. The van der Waals surface area contributed by atoms with Crippen LogP contribution in [0.25, 0.3) is 0 Å². The molecule has 40 valence electrons. The summed E-state index contributed by atoms with van der Waals surface area (Å²) in [4.78, 5) is 0. The Morgan fingerprint density at radius 1 is 0.429 bits per heavy atom. The SMILES string of the molecule is [Al+3].[Al+3].[Fe].[Fe].[O-2].[O-2].[O-2]. The van der Waals surface area contributed by atoms with E-state index in [1.807, 2.05) is 0 Å². The summed E-state index contributed by atoms with van der Waals surface area (Å²) in [6.45, 7) is 0. The van der Waals surface area contributed by atoms with Crippen molar-refractivity contribution in [2.24, 2.45) is 0 Å². The molecule has 0 aliphatic heterocycles. The van der Waals surface area contributed by atoms with Gasteiger partial charge in [0.2, 0.25) is 0 Å². The maximum absolute atomic E-state index is 0. The van der Waals surface area contributed by atoms with E-state index in [1.165, 1.54) is 0 Å². The van der Waals surface area contributed by atoms with Gasteiger partial charge >= 0.3 is 34.7 Å². The summed E-state index contributed by atoms with van der Waals surface area (Å²) < 4.78 is 0. The van der Waals surface area contributed by atoms with Crippen molar-refractivity contribution in [1.29, 1.82) is 0 Å². The number of hydrogen-bond acceptors (Lipinski definition) is 0. The minimum Gasteiger partial charge on any atom is -2.00 e. The summed E-state index contributed by atoms with van der Waals surface area (Å²) >= 11 is 0. The van der Waals surface area contributed by atoms with Crippen molar-refractivity contribution in [2.75, 3.05) is 0 Å². The molecule has 0 spiro atoms. The van der Waals surface area contributed by atoms with E-state index in [1.54, 1.807) is 0 Å². The van der Waals surface area contributed by atoms with Crippen LogP contribution in [0.2, 0.25) is 0 Å². The molecule has 0 aliphatic carbocycles. The van der Waals surface area contributed by atoms with E-state index in [4.69, 9.17) is 0 Å². The van der Waals surface area contributed by atoms with Gasteiger partial charge in [-0.3, -0.25) is 0 Å². The Balaban J connectivity index is 0. The third kappa shape index (κ3) is 72.6. The fourth-order valence-electron chi connectivity index (χ4n) is 0. The number of rotatable bonds is 0. The molecular formula is Al2Fe2O3. The van der Waals surface area contributed by atoms with Gasteiger partial charge in [-0.25, -0.2) is 0 Å². The van der Waals surface area contributed by atoms with Crippen LogP contribution in [0.5, 0.6) is 0 Å². The topological polar surface area (TPSA) is 85.5 Å². The van der Waals surface area contributed by atoms with Gasteiger partial charge in [0.1, 0.15) is 0 Å². The molecule has 0 aromatic heterocycles. The van der Waals surface area contributed by atoms with E-state index < -0.39 is 0 Å². The van der Waals surface area contributed by atoms with Gasteiger partial charge in [0, 0.05) is 34.1 Å². The van der Waals surface area contributed by atoms with Crippen LogP contribution in [0.1, 0.15) is 0 Å². The minimum absolute atomic E-state index is 0. The molecule has 7 heteroatoms. The third-order valence-corrected chi connectivity index (χ3v) is 0. The molecule has 0 saturated carbocycles. The van der Waals surface area contributed by atoms with Crippen LogP contribution in [0.3, 0.4) is 0 Å². The van der Waals surface area contributed by atoms with E-state index in [9.17, 15) is 0 Å². The van der Waals surface area contributed by atoms with Crippen molar-refractivity contribution < 1.29 is 50.6 Å². The fraction of sp³-hybridized carbons (Fsp3) is 0. The largest absolute Gasteiger partial charge is 3.00 e. The Morgan fingerprint density at radius 3 is 0.429 bits per heavy atom. The zero-order chi connectivity index (χ0) is 0. The predicted octanol–water partition coefficient (Wildman–Crippen LogP) is -1.12. The summed E-state index contributed by atoms with van der Waals surface area (Å²) in [7, 11) is 0. The molecule has 0 aromatic rings. The molecule has 0 heterocycles. The maximum Gasteiger partial charge on any atom is 3.00 e. The maximum atomic E-state index is 0. The van der Waals surface area contributed by atoms with Gasteiger partial charge in [0.25, 0.3) is 0 Å². The summed E-state index contributed by atoms with van der Waals surface area (Å²) in [5.41, 5.74) is 0. The van der Waals surface area contributed by atoms with Crippen LogP contribution < -0.4 is 0 Å². The molecule has 0 unspecified atom stereocenters. The molecule has 0 fully saturated rings. The van der Waals surface area contributed by atoms with Crippen LogP contribution in [0.15, 0.2) is 0 Å². The van der Waals surface area contributed by atoms with Crippen molar-refractivity contribution >= 4 is 34.7 Å². The second kappa shape index (κ2) is 98.9. The van der Waals surface area contributed by atoms with Crippen molar-refractivity contribution in [2.45, 2.75) is 0 Å². The average Bonchev–Trinajstić information content (AvgIpc) is 0. The Bertz CT molecular complexity index is 10.9. The molecular weight excluding hydrogens is 214 g/mol. The molecule has 0 rings (SSSR count). The van der Waals surface area contributed by atoms with E-state index >= 15 is 0 Å². The van der Waals surface area contributed by atoms with Crippen molar-refractivity contribution in [3.05, 3.63) is 0 Å². The molecule has 0 aliphatic rings. The first-order chi connectivity index (χ1) is 0. The fourth-order valence-corrected chi connectivity index (χ4v) is 0. The first-order valence-corrected chi connectivity index (χ1v) is 0. The second-order valence-corrected chi connectivity index (χ2v) is 0. The van der Waals surface area contributed by atoms with Crippen LogP contribution >= 0.6 is 0 Å². The van der Waals surface area contributed by atoms with E-state index in [2.05, 4.69) is 0 Å². The summed E-state index contributed by atoms with van der Waals surface area (Å²) in [5, 5.41) is 0. The molecule has 0 aromatic carbocycles. The monoisotopic (exact) mass is 214 g/mol. The predicted molar refractivity (Wildman–Crippen MR) is 13.6 cm³/mol. The van der Waals surface area contributed by atoms with Gasteiger partial charge in [0.15, 0.2) is 0 Å². The standard InChI is InChI=1S/2Al.2Fe.3O/q2*+3;;;3*-2. The van der Waals surface area contributed by atoms with Crippen LogP contribution in [-0.4, -0.2) is 34.7 Å². The molecule has 0 radical (unpaired) electrons. The molecule has 0 bridgehead atoms. The molecule has 7 heavy (non-hydrogen) atoms. The molecule has 0 N–H and O–H groups in total. The Morgan fingerprint density at radius 2 is 0.429 bits per heavy atom. The third-order valence-electron chi connectivity index (χ3n) is 0. The van der Waals surface area contributed by atoms with Crippen molar-refractivity contribution in [3.63, 3.8) is 0 Å². The Hall–Kier alpha value is 1.98.